The second-order valence-electron chi connectivity index (χ2n) is 0. The summed E-state index contributed by atoms with van der Waals surface area (Å²) in [4.78, 5) is 0. The van der Waals surface area contributed by atoms with Crippen LogP contribution in [0.25, 0.3) is 0 Å². The molecule has 0 heterocycles. The van der Waals surface area contributed by atoms with Gasteiger partial charge >= 0.3 is 0 Å². The van der Waals surface area contributed by atoms with Crippen LogP contribution in [0.5, 0.6) is 0 Å². The van der Waals surface area contributed by atoms with Crippen LogP contribution in [-0.2, 0) is 98.1 Å². The topological polar surface area (TPSA) is 0 Å². The molecule has 0 aliphatic rings. The Balaban J connectivity index is -0.00000000167. The first-order valence-corrected chi connectivity index (χ1v) is 0.707. The second kappa shape index (κ2) is 26.6. The van der Waals surface area contributed by atoms with Gasteiger partial charge in [0.25, 0.3) is 0 Å². The summed E-state index contributed by atoms with van der Waals surface area (Å²) in [5.41, 5.74) is 0. The molecule has 0 atom stereocenters. The van der Waals surface area contributed by atoms with E-state index in [-0.39, 0.29) is 98.1 Å². The standard InChI is InChI=1S/C2H5.3Y/c1-2;;;/h1H2,2H3;;;/q-1;;;. The molecule has 0 N–H and O–H groups in total. The Bertz CT molecular complexity index is 4.85. The summed E-state index contributed by atoms with van der Waals surface area (Å²) in [5.74, 6) is 0. The molecule has 0 saturated carbocycles. The van der Waals surface area contributed by atoms with Crippen molar-refractivity contribution in [3.63, 3.8) is 0 Å². The van der Waals surface area contributed by atoms with E-state index in [4.69, 9.17) is 0 Å². The molecule has 0 rings (SSSR count). The van der Waals surface area contributed by atoms with Crippen molar-refractivity contribution in [3.05, 3.63) is 6.92 Å². The normalized spacial score (nSPS) is 1.20. The smallest absolute Gasteiger partial charge is 0 e. The third-order valence-corrected chi connectivity index (χ3v) is 0. The Kier molecular flexibility index (Phi) is 127. The average molecular weight is 296 g/mol. The third kappa shape index (κ3) is 18.8. The van der Waals surface area contributed by atoms with Crippen molar-refractivity contribution in [2.75, 3.05) is 0 Å². The summed E-state index contributed by atoms with van der Waals surface area (Å²) < 4.78 is 0. The van der Waals surface area contributed by atoms with E-state index >= 15 is 0 Å². The van der Waals surface area contributed by atoms with Gasteiger partial charge in [-0.05, 0) is 0 Å². The Hall–Kier alpha value is 3.31. The van der Waals surface area contributed by atoms with E-state index in [1.807, 2.05) is 0 Å². The van der Waals surface area contributed by atoms with Crippen molar-refractivity contribution in [1.29, 1.82) is 0 Å². The minimum absolute atomic E-state index is 0. The van der Waals surface area contributed by atoms with Crippen LogP contribution in [0.15, 0.2) is 0 Å². The first-order valence-electron chi connectivity index (χ1n) is 0.707. The van der Waals surface area contributed by atoms with E-state index in [9.17, 15) is 0 Å². The number of hydrogen-bond donors (Lipinski definition) is 0. The Labute approximate surface area is 109 Å². The predicted molar refractivity (Wildman–Crippen MR) is 11.0 cm³/mol. The molecule has 0 unspecified atom stereocenters. The zero-order valence-electron chi connectivity index (χ0n) is 3.44. The SMILES string of the molecule is [CH2-]C.[Y].[Y].[Y]. The molecule has 0 bridgehead atoms. The zero-order valence-corrected chi connectivity index (χ0v) is 12.0. The number of rotatable bonds is 0. The summed E-state index contributed by atoms with van der Waals surface area (Å²) in [6.45, 7) is 5.00. The summed E-state index contributed by atoms with van der Waals surface area (Å²) in [6, 6.07) is 0. The molecule has 0 saturated heterocycles. The molecule has 0 aromatic heterocycles. The van der Waals surface area contributed by atoms with Crippen molar-refractivity contribution in [3.8, 4) is 0 Å². The summed E-state index contributed by atoms with van der Waals surface area (Å²) in [5, 5.41) is 0. The van der Waals surface area contributed by atoms with Crippen LogP contribution in [-0.4, -0.2) is 0 Å². The third-order valence-electron chi connectivity index (χ3n) is 0. The Morgan fingerprint density at radius 3 is 0.800 bits per heavy atom. The van der Waals surface area contributed by atoms with Crippen molar-refractivity contribution in [2.45, 2.75) is 6.92 Å². The van der Waals surface area contributed by atoms with Gasteiger partial charge in [-0.2, -0.15) is 6.92 Å². The van der Waals surface area contributed by atoms with Crippen LogP contribution in [0, 0.1) is 6.92 Å². The van der Waals surface area contributed by atoms with Gasteiger partial charge in [0.05, 0.1) is 0 Å². The van der Waals surface area contributed by atoms with Gasteiger partial charge in [0.15, 0.2) is 0 Å². The minimum Gasteiger partial charge on any atom is -0.346 e. The summed E-state index contributed by atoms with van der Waals surface area (Å²) in [6.07, 6.45) is 0. The van der Waals surface area contributed by atoms with E-state index in [0.717, 1.165) is 0 Å². The minimum atomic E-state index is 0. The quantitative estimate of drug-likeness (QED) is 0.581. The van der Waals surface area contributed by atoms with Crippen LogP contribution in [0.3, 0.4) is 0 Å². The van der Waals surface area contributed by atoms with Crippen LogP contribution >= 0.6 is 0 Å². The zero-order chi connectivity index (χ0) is 2.00. The van der Waals surface area contributed by atoms with Crippen molar-refractivity contribution >= 4 is 0 Å². The van der Waals surface area contributed by atoms with Gasteiger partial charge in [0.2, 0.25) is 0 Å². The van der Waals surface area contributed by atoms with E-state index in [2.05, 4.69) is 6.92 Å². The molecule has 0 spiro atoms. The maximum absolute atomic E-state index is 3.25. The molecular formula is C2H5Y3-. The molecule has 0 aromatic carbocycles. The van der Waals surface area contributed by atoms with Crippen LogP contribution < -0.4 is 0 Å². The first-order chi connectivity index (χ1) is 1.00. The summed E-state index contributed by atoms with van der Waals surface area (Å²) in [7, 11) is 0. The van der Waals surface area contributed by atoms with E-state index < -0.39 is 0 Å². The van der Waals surface area contributed by atoms with Crippen molar-refractivity contribution < 1.29 is 98.1 Å². The van der Waals surface area contributed by atoms with Gasteiger partial charge in [-0.1, -0.05) is 0 Å². The average Bonchev–Trinajstić information content (AvgIpc) is 1.00. The van der Waals surface area contributed by atoms with Gasteiger partial charge in [-0.15, -0.1) is 0 Å². The maximum atomic E-state index is 3.25. The van der Waals surface area contributed by atoms with Crippen molar-refractivity contribution in [1.82, 2.24) is 0 Å². The molecule has 0 aliphatic heterocycles. The monoisotopic (exact) mass is 296 g/mol. The van der Waals surface area contributed by atoms with Gasteiger partial charge in [-0.25, -0.2) is 0 Å². The molecule has 3 heteroatoms. The molecule has 0 nitrogen and oxygen atoms in total. The molecule has 23 valence electrons. The van der Waals surface area contributed by atoms with E-state index in [0.29, 0.717) is 0 Å². The molecule has 0 aliphatic carbocycles. The van der Waals surface area contributed by atoms with Gasteiger partial charge in [0.1, 0.15) is 0 Å². The number of hydrogen-bond acceptors (Lipinski definition) is 0. The fraction of sp³-hybridized carbons (Fsp3) is 0.500. The maximum Gasteiger partial charge on any atom is 0 e. The molecule has 0 amide bonds. The Morgan fingerprint density at radius 1 is 0.800 bits per heavy atom. The van der Waals surface area contributed by atoms with Crippen LogP contribution in [0.4, 0.5) is 0 Å². The molecular weight excluding hydrogens is 291 g/mol. The fourth-order valence-corrected chi connectivity index (χ4v) is 0. The van der Waals surface area contributed by atoms with Crippen LogP contribution in [0.1, 0.15) is 6.92 Å². The fourth-order valence-electron chi connectivity index (χ4n) is 0. The van der Waals surface area contributed by atoms with Gasteiger partial charge < -0.3 is 6.92 Å². The molecule has 5 heavy (non-hydrogen) atoms. The van der Waals surface area contributed by atoms with E-state index in [1.165, 1.54) is 0 Å². The summed E-state index contributed by atoms with van der Waals surface area (Å²) >= 11 is 0. The van der Waals surface area contributed by atoms with E-state index in [1.54, 1.807) is 6.92 Å². The predicted octanol–water partition coefficient (Wildman–Crippen LogP) is 0.833. The second-order valence-corrected chi connectivity index (χ2v) is 0. The van der Waals surface area contributed by atoms with Gasteiger partial charge in [-0.3, -0.25) is 0 Å². The van der Waals surface area contributed by atoms with Crippen molar-refractivity contribution in [2.24, 2.45) is 0 Å². The molecule has 0 fully saturated rings. The Morgan fingerprint density at radius 2 is 0.800 bits per heavy atom. The van der Waals surface area contributed by atoms with Crippen LogP contribution in [0.2, 0.25) is 0 Å². The van der Waals surface area contributed by atoms with Gasteiger partial charge in [0, 0.05) is 98.1 Å². The largest absolute Gasteiger partial charge is 0.346 e. The molecule has 3 radical (unpaired) electrons. The molecule has 0 aromatic rings. The first kappa shape index (κ1) is 23.9.